The molecular weight excluding hydrogens is 810 g/mol. The molecule has 0 radical (unpaired) electrons. The van der Waals surface area contributed by atoms with Crippen LogP contribution in [-0.2, 0) is 32.3 Å². The number of halogens is 18. The first kappa shape index (κ1) is 46.9. The van der Waals surface area contributed by atoms with Crippen LogP contribution in [0.5, 0.6) is 0 Å². The molecule has 0 fully saturated rings. The maximum absolute atomic E-state index is 14.2. The van der Waals surface area contributed by atoms with Gasteiger partial charge >= 0.3 is 66.8 Å². The van der Waals surface area contributed by atoms with Crippen molar-refractivity contribution in [2.24, 2.45) is 0 Å². The second kappa shape index (κ2) is 13.8. The molecule has 0 aromatic carbocycles. The summed E-state index contributed by atoms with van der Waals surface area (Å²) in [4.78, 5) is 12.8. The molecule has 0 aliphatic carbocycles. The number of carbonyl (C=O) groups excluding carboxylic acids is 1. The molecule has 0 heterocycles. The van der Waals surface area contributed by atoms with E-state index in [1.54, 1.807) is 0 Å². The average molecular weight is 835 g/mol. The zero-order valence-electron chi connectivity index (χ0n) is 24.0. The Balaban J connectivity index is 6.72. The minimum absolute atomic E-state index is 0.770. The van der Waals surface area contributed by atoms with Crippen LogP contribution in [0.4, 0.5) is 79.0 Å². The number of Topliss-reactive ketones (excluding diaryl/α,β-unsaturated/α-hetero) is 1. The summed E-state index contributed by atoms with van der Waals surface area (Å²) >= 11 is 0. The summed E-state index contributed by atoms with van der Waals surface area (Å²) in [6.07, 6.45) is -14.9. The molecule has 0 aromatic rings. The maximum Gasteiger partial charge on any atom is 0.460 e. The predicted octanol–water partition coefficient (Wildman–Crippen LogP) is 7.62. The number of rotatable bonds is 18. The van der Waals surface area contributed by atoms with Crippen LogP contribution in [0.1, 0.15) is 27.7 Å². The fourth-order valence-electron chi connectivity index (χ4n) is 3.19. The van der Waals surface area contributed by atoms with Gasteiger partial charge in [0, 0.05) is 0 Å². The minimum Gasteiger partial charge on any atom is -0.298 e. The van der Waals surface area contributed by atoms with E-state index in [1.165, 1.54) is 0 Å². The van der Waals surface area contributed by atoms with Crippen LogP contribution < -0.4 is 0 Å². The molecule has 29 heteroatoms. The molecule has 0 rings (SSSR count). The van der Waals surface area contributed by atoms with E-state index >= 15 is 0 Å². The number of hydrogen-bond donors (Lipinski definition) is 0. The van der Waals surface area contributed by atoms with Gasteiger partial charge in [-0.1, -0.05) is 27.7 Å². The fraction of sp³-hybridized carbons (Fsp3) is 0.947. The first-order valence-corrected chi connectivity index (χ1v) is 19.1. The highest BCUT2D eigenvalue weighted by molar-refractivity contribution is 8.34. The Bertz CT molecular complexity index is 1270. The van der Waals surface area contributed by atoms with E-state index in [0.717, 1.165) is 27.7 Å². The Hall–Kier alpha value is -1.07. The van der Waals surface area contributed by atoms with Crippen molar-refractivity contribution in [1.82, 2.24) is 0 Å². The van der Waals surface area contributed by atoms with Crippen molar-refractivity contribution in [3.05, 3.63) is 0 Å². The standard InChI is InChI=1S/C19H24F18O7S4/c1-5-45(6-2,43-47(39,40)18(34,35)14(24,25)12(20,21)16(28,29)30)9-11(38)10-46(7-3,8-4)44-48(41,42)19(36,37)15(26,27)13(22,23)17(31,32)33/h5-10H2,1-4H3. The molecule has 0 bridgehead atoms. The lowest BCUT2D eigenvalue weighted by molar-refractivity contribution is -0.382. The van der Waals surface area contributed by atoms with Crippen molar-refractivity contribution in [1.29, 1.82) is 0 Å². The molecule has 0 aliphatic heterocycles. The summed E-state index contributed by atoms with van der Waals surface area (Å²) in [5.74, 6) is -40.0. The van der Waals surface area contributed by atoms with E-state index in [9.17, 15) is 101 Å². The molecule has 0 saturated carbocycles. The third kappa shape index (κ3) is 7.88. The summed E-state index contributed by atoms with van der Waals surface area (Å²) in [5.41, 5.74) is 0. The Morgan fingerprint density at radius 2 is 0.646 bits per heavy atom. The molecule has 0 saturated heterocycles. The average Bonchev–Trinajstić information content (AvgIpc) is 2.89. The zero-order valence-corrected chi connectivity index (χ0v) is 27.3. The Morgan fingerprint density at radius 1 is 0.438 bits per heavy atom. The zero-order chi connectivity index (χ0) is 39.2. The van der Waals surface area contributed by atoms with Crippen molar-refractivity contribution in [2.75, 3.05) is 34.5 Å². The normalized spacial score (nSPS) is 16.6. The highest BCUT2D eigenvalue weighted by Crippen LogP contribution is 2.61. The molecule has 0 N–H and O–H groups in total. The molecule has 0 atom stereocenters. The van der Waals surface area contributed by atoms with Gasteiger partial charge in [0.2, 0.25) is 0 Å². The first-order chi connectivity index (χ1) is 20.8. The summed E-state index contributed by atoms with van der Waals surface area (Å²) in [5, 5.41) is -14.8. The van der Waals surface area contributed by atoms with Gasteiger partial charge in [-0.2, -0.15) is 95.9 Å². The van der Waals surface area contributed by atoms with Crippen LogP contribution in [0, 0.1) is 0 Å². The minimum atomic E-state index is -7.75. The molecule has 48 heavy (non-hydrogen) atoms. The number of alkyl halides is 18. The maximum atomic E-state index is 14.2. The van der Waals surface area contributed by atoms with Crippen molar-refractivity contribution < 1.29 is 108 Å². The van der Waals surface area contributed by atoms with Crippen LogP contribution in [-0.4, -0.2) is 104 Å². The molecule has 0 spiro atoms. The highest BCUT2D eigenvalue weighted by atomic mass is 32.3. The summed E-state index contributed by atoms with van der Waals surface area (Å²) in [6.45, 7) is 3.08. The molecule has 0 aliphatic rings. The van der Waals surface area contributed by atoms with Gasteiger partial charge in [0.25, 0.3) is 0 Å². The lowest BCUT2D eigenvalue weighted by Gasteiger charge is -2.41. The van der Waals surface area contributed by atoms with E-state index in [-0.39, 0.29) is 0 Å². The van der Waals surface area contributed by atoms with Gasteiger partial charge in [0.1, 0.15) is 0 Å². The van der Waals surface area contributed by atoms with E-state index in [4.69, 9.17) is 0 Å². The van der Waals surface area contributed by atoms with Gasteiger partial charge in [-0.05, 0) is 23.0 Å². The second-order valence-corrected chi connectivity index (χ2v) is 20.0. The third-order valence-corrected chi connectivity index (χ3v) is 17.7. The summed E-state index contributed by atoms with van der Waals surface area (Å²) in [6, 6.07) is 0. The molecule has 0 amide bonds. The Morgan fingerprint density at radius 3 is 0.812 bits per heavy atom. The summed E-state index contributed by atoms with van der Waals surface area (Å²) < 4.78 is 296. The van der Waals surface area contributed by atoms with E-state index < -0.39 is 128 Å². The van der Waals surface area contributed by atoms with Crippen molar-refractivity contribution in [3.8, 4) is 0 Å². The quantitative estimate of drug-likeness (QED) is 0.131. The fourth-order valence-corrected chi connectivity index (χ4v) is 12.9. The third-order valence-electron chi connectivity index (χ3n) is 6.28. The van der Waals surface area contributed by atoms with Crippen LogP contribution in [0.25, 0.3) is 0 Å². The van der Waals surface area contributed by atoms with Gasteiger partial charge in [-0.25, -0.2) is 7.26 Å². The van der Waals surface area contributed by atoms with E-state index in [0.29, 0.717) is 0 Å². The topological polar surface area (TPSA) is 104 Å². The van der Waals surface area contributed by atoms with Gasteiger partial charge in [-0.15, -0.1) is 20.6 Å². The van der Waals surface area contributed by atoms with Crippen molar-refractivity contribution >= 4 is 46.6 Å². The monoisotopic (exact) mass is 834 g/mol. The lowest BCUT2D eigenvalue weighted by Crippen LogP contribution is -2.63. The van der Waals surface area contributed by atoms with Gasteiger partial charge in [-0.3, -0.25) is 4.79 Å². The van der Waals surface area contributed by atoms with Crippen LogP contribution in [0.2, 0.25) is 0 Å². The number of carbonyl (C=O) groups is 1. The van der Waals surface area contributed by atoms with Gasteiger partial charge in [0.05, 0.1) is 11.5 Å². The largest absolute Gasteiger partial charge is 0.460 e. The van der Waals surface area contributed by atoms with Crippen molar-refractivity contribution in [3.63, 3.8) is 0 Å². The number of hydrogen-bond acceptors (Lipinski definition) is 7. The van der Waals surface area contributed by atoms with Crippen LogP contribution in [0.15, 0.2) is 0 Å². The number of ketones is 1. The van der Waals surface area contributed by atoms with E-state index in [2.05, 4.69) is 7.26 Å². The molecule has 0 unspecified atom stereocenters. The second-order valence-electron chi connectivity index (χ2n) is 9.28. The predicted molar refractivity (Wildman–Crippen MR) is 134 cm³/mol. The molecular formula is C19H24F18O7S4. The smallest absolute Gasteiger partial charge is 0.298 e. The van der Waals surface area contributed by atoms with Crippen molar-refractivity contribution in [2.45, 2.75) is 74.2 Å². The molecule has 0 aromatic heterocycles. The molecule has 292 valence electrons. The van der Waals surface area contributed by atoms with E-state index in [1.807, 2.05) is 0 Å². The van der Waals surface area contributed by atoms with Gasteiger partial charge < -0.3 is 0 Å². The summed E-state index contributed by atoms with van der Waals surface area (Å²) in [7, 11) is -23.6. The molecule has 7 nitrogen and oxygen atoms in total. The van der Waals surface area contributed by atoms with Crippen LogP contribution in [0.3, 0.4) is 0 Å². The lowest BCUT2D eigenvalue weighted by atomic mass is 10.1. The first-order valence-electron chi connectivity index (χ1n) is 12.1. The Kier molecular flexibility index (Phi) is 13.5. The van der Waals surface area contributed by atoms with Crippen LogP contribution >= 0.6 is 20.6 Å². The van der Waals surface area contributed by atoms with Gasteiger partial charge in [0.15, 0.2) is 5.78 Å². The Labute approximate surface area is 263 Å². The SMILES string of the molecule is CCS(CC)(CC(=O)CS(CC)(CC)OS(=O)(=O)C(F)(F)C(F)(F)C(F)(F)C(F)(F)F)OS(=O)(=O)C(F)(F)C(F)(F)C(F)(F)C(F)(F)F. The highest BCUT2D eigenvalue weighted by Gasteiger charge is 2.87.